The molecule has 0 saturated heterocycles. The lowest BCUT2D eigenvalue weighted by Gasteiger charge is -2.01. The monoisotopic (exact) mass is 356 g/mol. The predicted molar refractivity (Wildman–Crippen MR) is 73.9 cm³/mol. The van der Waals surface area contributed by atoms with Gasteiger partial charge in [0, 0.05) is 27.7 Å². The number of pyridine rings is 2. The average molecular weight is 357 g/mol. The lowest BCUT2D eigenvalue weighted by molar-refractivity contribution is 1.11. The molecule has 0 aliphatic carbocycles. The van der Waals surface area contributed by atoms with E-state index in [0.29, 0.717) is 5.02 Å². The Morgan fingerprint density at radius 2 is 2.12 bits per heavy atom. The van der Waals surface area contributed by atoms with Crippen LogP contribution in [0.3, 0.4) is 0 Å². The molecule has 0 aliphatic heterocycles. The van der Waals surface area contributed by atoms with Crippen molar-refractivity contribution in [3.63, 3.8) is 0 Å². The van der Waals surface area contributed by atoms with E-state index in [2.05, 4.69) is 37.8 Å². The zero-order valence-electron chi connectivity index (χ0n) is 8.51. The first-order valence-corrected chi connectivity index (χ1v) is 6.31. The summed E-state index contributed by atoms with van der Waals surface area (Å²) in [6, 6.07) is 5.79. The van der Waals surface area contributed by atoms with E-state index in [1.807, 2.05) is 28.8 Å². The summed E-state index contributed by atoms with van der Waals surface area (Å²) in [7, 11) is 0. The largest absolute Gasteiger partial charge is 0.282 e. The predicted octanol–water partition coefficient (Wildman–Crippen LogP) is 3.05. The molecule has 3 heterocycles. The minimum absolute atomic E-state index is 0.570. The van der Waals surface area contributed by atoms with Gasteiger partial charge in [-0.2, -0.15) is 0 Å². The van der Waals surface area contributed by atoms with Gasteiger partial charge in [-0.15, -0.1) is 10.2 Å². The molecule has 0 bridgehead atoms. The quantitative estimate of drug-likeness (QED) is 0.630. The van der Waals surface area contributed by atoms with Crippen LogP contribution in [0.1, 0.15) is 0 Å². The Balaban J connectivity index is 2.29. The van der Waals surface area contributed by atoms with E-state index in [9.17, 15) is 0 Å². The summed E-state index contributed by atoms with van der Waals surface area (Å²) in [5, 5.41) is 8.86. The van der Waals surface area contributed by atoms with Gasteiger partial charge in [-0.25, -0.2) is 0 Å². The Kier molecular flexibility index (Phi) is 2.71. The lowest BCUT2D eigenvalue weighted by atomic mass is 10.2. The first kappa shape index (κ1) is 10.9. The fourth-order valence-electron chi connectivity index (χ4n) is 1.61. The molecule has 6 heteroatoms. The molecule has 3 aromatic rings. The third-order valence-corrected chi connectivity index (χ3v) is 3.36. The van der Waals surface area contributed by atoms with E-state index in [-0.39, 0.29) is 0 Å². The molecule has 84 valence electrons. The summed E-state index contributed by atoms with van der Waals surface area (Å²) < 4.78 is 3.03. The highest BCUT2D eigenvalue weighted by Gasteiger charge is 2.11. The Hall–Kier alpha value is -1.21. The minimum atomic E-state index is 0.570. The topological polar surface area (TPSA) is 43.1 Å². The van der Waals surface area contributed by atoms with Crippen molar-refractivity contribution in [3.05, 3.63) is 45.4 Å². The molecule has 3 rings (SSSR count). The number of rotatable bonds is 1. The number of hydrogen-bond acceptors (Lipinski definition) is 3. The van der Waals surface area contributed by atoms with E-state index in [4.69, 9.17) is 11.6 Å². The fraction of sp³-hybridized carbons (Fsp3) is 0. The van der Waals surface area contributed by atoms with E-state index in [0.717, 1.165) is 20.6 Å². The molecule has 0 N–H and O–H groups in total. The van der Waals surface area contributed by atoms with Gasteiger partial charge in [0.15, 0.2) is 11.5 Å². The van der Waals surface area contributed by atoms with Crippen LogP contribution in [0.25, 0.3) is 17.0 Å². The molecule has 4 nitrogen and oxygen atoms in total. The molecule has 0 aliphatic rings. The van der Waals surface area contributed by atoms with E-state index in [1.165, 1.54) is 0 Å². The summed E-state index contributed by atoms with van der Waals surface area (Å²) in [5.74, 6) is 0.726. The summed E-state index contributed by atoms with van der Waals surface area (Å²) in [4.78, 5) is 3.96. The molecule has 0 aromatic carbocycles. The Morgan fingerprint density at radius 3 is 2.94 bits per heavy atom. The zero-order valence-corrected chi connectivity index (χ0v) is 11.4. The zero-order chi connectivity index (χ0) is 11.8. The van der Waals surface area contributed by atoms with Crippen LogP contribution < -0.4 is 0 Å². The van der Waals surface area contributed by atoms with Gasteiger partial charge in [0.1, 0.15) is 0 Å². The van der Waals surface area contributed by atoms with Crippen LogP contribution in [0.2, 0.25) is 5.02 Å². The van der Waals surface area contributed by atoms with E-state index < -0.39 is 0 Å². The second-order valence-electron chi connectivity index (χ2n) is 3.45. The average Bonchev–Trinajstić information content (AvgIpc) is 2.72. The Labute approximate surface area is 116 Å². The fourth-order valence-corrected chi connectivity index (χ4v) is 2.25. The van der Waals surface area contributed by atoms with Crippen molar-refractivity contribution in [2.75, 3.05) is 0 Å². The van der Waals surface area contributed by atoms with Crippen molar-refractivity contribution in [1.29, 1.82) is 0 Å². The number of halogens is 2. The van der Waals surface area contributed by atoms with Gasteiger partial charge in [0.25, 0.3) is 0 Å². The number of hydrogen-bond donors (Lipinski definition) is 0. The summed E-state index contributed by atoms with van der Waals surface area (Å²) in [6.45, 7) is 0. The molecule has 0 radical (unpaired) electrons. The lowest BCUT2D eigenvalue weighted by Crippen LogP contribution is -1.90. The van der Waals surface area contributed by atoms with Gasteiger partial charge < -0.3 is 0 Å². The van der Waals surface area contributed by atoms with Gasteiger partial charge in [0.2, 0.25) is 0 Å². The van der Waals surface area contributed by atoms with Crippen molar-refractivity contribution in [1.82, 2.24) is 19.6 Å². The van der Waals surface area contributed by atoms with Gasteiger partial charge in [-0.1, -0.05) is 11.6 Å². The van der Waals surface area contributed by atoms with Crippen LogP contribution in [-0.4, -0.2) is 19.6 Å². The highest BCUT2D eigenvalue weighted by molar-refractivity contribution is 14.1. The molecule has 0 unspecified atom stereocenters. The van der Waals surface area contributed by atoms with Gasteiger partial charge in [-0.3, -0.25) is 9.38 Å². The molecular formula is C11H6ClIN4. The van der Waals surface area contributed by atoms with Crippen LogP contribution >= 0.6 is 34.2 Å². The third-order valence-electron chi connectivity index (χ3n) is 2.39. The first-order chi connectivity index (χ1) is 8.25. The van der Waals surface area contributed by atoms with Gasteiger partial charge in [-0.05, 0) is 40.8 Å². The molecule has 0 fully saturated rings. The van der Waals surface area contributed by atoms with Crippen LogP contribution in [0.4, 0.5) is 0 Å². The van der Waals surface area contributed by atoms with Crippen molar-refractivity contribution >= 4 is 39.8 Å². The molecule has 0 saturated carbocycles. The van der Waals surface area contributed by atoms with Gasteiger partial charge >= 0.3 is 0 Å². The first-order valence-electron chi connectivity index (χ1n) is 4.86. The highest BCUT2D eigenvalue weighted by atomic mass is 127. The maximum atomic E-state index is 6.10. The molecule has 0 amide bonds. The van der Waals surface area contributed by atoms with E-state index in [1.54, 1.807) is 12.4 Å². The maximum absolute atomic E-state index is 6.10. The highest BCUT2D eigenvalue weighted by Crippen LogP contribution is 2.25. The number of aromatic nitrogens is 4. The summed E-state index contributed by atoms with van der Waals surface area (Å²) in [6.07, 6.45) is 5.23. The standard InChI is InChI=1S/C11H6ClIN4/c12-9-6-14-3-1-8(9)11-16-15-10-5-7(13)2-4-17(10)11/h1-6H. The molecule has 0 atom stereocenters. The molecule has 3 aromatic heterocycles. The van der Waals surface area contributed by atoms with Crippen molar-refractivity contribution < 1.29 is 0 Å². The Bertz CT molecular complexity index is 695. The maximum Gasteiger partial charge on any atom is 0.169 e. The smallest absolute Gasteiger partial charge is 0.169 e. The molecular weight excluding hydrogens is 351 g/mol. The van der Waals surface area contributed by atoms with E-state index >= 15 is 0 Å². The normalized spacial score (nSPS) is 10.9. The van der Waals surface area contributed by atoms with Crippen molar-refractivity contribution in [2.45, 2.75) is 0 Å². The van der Waals surface area contributed by atoms with Crippen LogP contribution in [-0.2, 0) is 0 Å². The van der Waals surface area contributed by atoms with Crippen LogP contribution in [0.5, 0.6) is 0 Å². The van der Waals surface area contributed by atoms with Gasteiger partial charge in [0.05, 0.1) is 5.02 Å². The Morgan fingerprint density at radius 1 is 1.24 bits per heavy atom. The molecule has 0 spiro atoms. The summed E-state index contributed by atoms with van der Waals surface area (Å²) >= 11 is 8.34. The molecule has 17 heavy (non-hydrogen) atoms. The minimum Gasteiger partial charge on any atom is -0.282 e. The number of fused-ring (bicyclic) bond motifs is 1. The van der Waals surface area contributed by atoms with Crippen LogP contribution in [0.15, 0.2) is 36.8 Å². The second kappa shape index (κ2) is 4.23. The van der Waals surface area contributed by atoms with Crippen molar-refractivity contribution in [2.24, 2.45) is 0 Å². The van der Waals surface area contributed by atoms with Crippen molar-refractivity contribution in [3.8, 4) is 11.4 Å². The number of nitrogens with zero attached hydrogens (tertiary/aromatic N) is 4. The van der Waals surface area contributed by atoms with Crippen LogP contribution in [0, 0.1) is 3.57 Å². The third kappa shape index (κ3) is 1.89. The summed E-state index contributed by atoms with van der Waals surface area (Å²) in [5.41, 5.74) is 1.63. The SMILES string of the molecule is Clc1cnccc1-c1nnc2cc(I)ccn12. The second-order valence-corrected chi connectivity index (χ2v) is 5.11.